The van der Waals surface area contributed by atoms with Crippen molar-refractivity contribution in [2.75, 3.05) is 13.1 Å². The first-order chi connectivity index (χ1) is 6.41. The molecule has 0 bridgehead atoms. The molecule has 1 aliphatic heterocycles. The third kappa shape index (κ3) is 3.46. The van der Waals surface area contributed by atoms with E-state index in [4.69, 9.17) is 46.4 Å². The molecular formula is C7H8Cl4N2O. The first-order valence-electron chi connectivity index (χ1n) is 4.01. The normalized spacial score (nSPS) is 18.9. The van der Waals surface area contributed by atoms with Crippen molar-refractivity contribution >= 4 is 57.6 Å². The first kappa shape index (κ1) is 12.4. The van der Waals surface area contributed by atoms with E-state index >= 15 is 0 Å². The largest absolute Gasteiger partial charge is 0.347 e. The summed E-state index contributed by atoms with van der Waals surface area (Å²) in [5, 5.41) is 0.0961. The predicted octanol–water partition coefficient (Wildman–Crippen LogP) is 2.57. The number of carbonyl (C=O) groups excluding carboxylic acids is 1. The quantitative estimate of drug-likeness (QED) is 0.295. The van der Waals surface area contributed by atoms with E-state index in [0.29, 0.717) is 0 Å². The minimum Gasteiger partial charge on any atom is -0.347 e. The Balaban J connectivity index is 2.63. The van der Waals surface area contributed by atoms with Crippen molar-refractivity contribution < 1.29 is 4.79 Å². The zero-order chi connectivity index (χ0) is 10.8. The lowest BCUT2D eigenvalue weighted by molar-refractivity contribution is -0.116. The van der Waals surface area contributed by atoms with Gasteiger partial charge < -0.3 is 4.90 Å². The molecule has 0 aromatic heterocycles. The highest BCUT2D eigenvalue weighted by Crippen LogP contribution is 2.27. The van der Waals surface area contributed by atoms with E-state index in [0.717, 1.165) is 25.9 Å². The van der Waals surface area contributed by atoms with Crippen molar-refractivity contribution in [3.8, 4) is 0 Å². The molecule has 1 heterocycles. The SMILES string of the molecule is O=C(N=C(Cl)N1CCCC1)C(Cl)(Cl)Cl. The minimum absolute atomic E-state index is 0.0961. The molecule has 1 fully saturated rings. The summed E-state index contributed by atoms with van der Waals surface area (Å²) in [4.78, 5) is 16.4. The van der Waals surface area contributed by atoms with E-state index in [1.807, 2.05) is 0 Å². The highest BCUT2D eigenvalue weighted by molar-refractivity contribution is 6.77. The highest BCUT2D eigenvalue weighted by atomic mass is 35.6. The van der Waals surface area contributed by atoms with Gasteiger partial charge in [-0.25, -0.2) is 0 Å². The number of carbonyl (C=O) groups is 1. The second kappa shape index (κ2) is 4.88. The second-order valence-corrected chi connectivity index (χ2v) is 5.50. The van der Waals surface area contributed by atoms with Crippen LogP contribution in [0.3, 0.4) is 0 Å². The van der Waals surface area contributed by atoms with Gasteiger partial charge in [0, 0.05) is 13.1 Å². The molecule has 1 amide bonds. The molecule has 0 aliphatic carbocycles. The van der Waals surface area contributed by atoms with Gasteiger partial charge in [0.1, 0.15) is 0 Å². The number of amides is 1. The maximum absolute atomic E-state index is 11.1. The molecule has 0 aromatic rings. The molecule has 7 heteroatoms. The molecule has 1 aliphatic rings. The van der Waals surface area contributed by atoms with Crippen LogP contribution in [0.2, 0.25) is 0 Å². The van der Waals surface area contributed by atoms with Crippen LogP contribution in [0, 0.1) is 0 Å². The Morgan fingerprint density at radius 1 is 1.21 bits per heavy atom. The van der Waals surface area contributed by atoms with Crippen molar-refractivity contribution in [2.45, 2.75) is 16.6 Å². The summed E-state index contributed by atoms with van der Waals surface area (Å²) in [7, 11) is 0. The average molecular weight is 278 g/mol. The van der Waals surface area contributed by atoms with Crippen LogP contribution in [0.25, 0.3) is 0 Å². The van der Waals surface area contributed by atoms with E-state index in [2.05, 4.69) is 4.99 Å². The van der Waals surface area contributed by atoms with Gasteiger partial charge in [-0.1, -0.05) is 34.8 Å². The fourth-order valence-electron chi connectivity index (χ4n) is 1.12. The van der Waals surface area contributed by atoms with E-state index in [1.54, 1.807) is 4.90 Å². The lowest BCUT2D eigenvalue weighted by Crippen LogP contribution is -2.26. The number of alkyl halides is 3. The van der Waals surface area contributed by atoms with Crippen molar-refractivity contribution in [1.82, 2.24) is 4.90 Å². The Morgan fingerprint density at radius 3 is 2.14 bits per heavy atom. The zero-order valence-corrected chi connectivity index (χ0v) is 10.2. The Labute approximate surface area is 102 Å². The number of amidine groups is 1. The van der Waals surface area contributed by atoms with E-state index in [1.165, 1.54) is 0 Å². The Kier molecular flexibility index (Phi) is 4.31. The fraction of sp³-hybridized carbons (Fsp3) is 0.714. The highest BCUT2D eigenvalue weighted by Gasteiger charge is 2.31. The molecule has 0 N–H and O–H groups in total. The predicted molar refractivity (Wildman–Crippen MR) is 59.4 cm³/mol. The molecule has 0 radical (unpaired) electrons. The molecule has 0 saturated carbocycles. The van der Waals surface area contributed by atoms with E-state index in [9.17, 15) is 4.79 Å². The summed E-state index contributed by atoms with van der Waals surface area (Å²) in [6.45, 7) is 1.57. The van der Waals surface area contributed by atoms with E-state index < -0.39 is 9.70 Å². The minimum atomic E-state index is -2.03. The van der Waals surface area contributed by atoms with Crippen molar-refractivity contribution in [2.24, 2.45) is 4.99 Å². The monoisotopic (exact) mass is 276 g/mol. The van der Waals surface area contributed by atoms with Gasteiger partial charge in [-0.3, -0.25) is 4.79 Å². The lowest BCUT2D eigenvalue weighted by atomic mass is 10.4. The third-order valence-electron chi connectivity index (χ3n) is 1.80. The van der Waals surface area contributed by atoms with Crippen LogP contribution in [0.1, 0.15) is 12.8 Å². The van der Waals surface area contributed by atoms with Crippen LogP contribution in [-0.2, 0) is 4.79 Å². The molecule has 1 rings (SSSR count). The molecule has 0 aromatic carbocycles. The molecule has 1 saturated heterocycles. The second-order valence-electron chi connectivity index (χ2n) is 2.88. The van der Waals surface area contributed by atoms with Gasteiger partial charge >= 0.3 is 0 Å². The maximum atomic E-state index is 11.1. The van der Waals surface area contributed by atoms with Gasteiger partial charge in [0.2, 0.25) is 5.29 Å². The van der Waals surface area contributed by atoms with Crippen LogP contribution in [-0.4, -0.2) is 33.0 Å². The number of rotatable bonds is 0. The average Bonchev–Trinajstić information content (AvgIpc) is 2.53. The van der Waals surface area contributed by atoms with Crippen LogP contribution < -0.4 is 0 Å². The molecule has 0 unspecified atom stereocenters. The molecule has 3 nitrogen and oxygen atoms in total. The van der Waals surface area contributed by atoms with Crippen LogP contribution >= 0.6 is 46.4 Å². The van der Waals surface area contributed by atoms with Crippen LogP contribution in [0.4, 0.5) is 0 Å². The Bertz CT molecular complexity index is 255. The Morgan fingerprint density at radius 2 is 1.71 bits per heavy atom. The number of hydrogen-bond donors (Lipinski definition) is 0. The van der Waals surface area contributed by atoms with Crippen LogP contribution in [0.15, 0.2) is 4.99 Å². The summed E-state index contributed by atoms with van der Waals surface area (Å²) in [5.41, 5.74) is 0. The first-order valence-corrected chi connectivity index (χ1v) is 5.53. The van der Waals surface area contributed by atoms with Gasteiger partial charge in [0.05, 0.1) is 0 Å². The summed E-state index contributed by atoms with van der Waals surface area (Å²) < 4.78 is -2.03. The summed E-state index contributed by atoms with van der Waals surface area (Å²) in [6, 6.07) is 0. The third-order valence-corrected chi connectivity index (χ3v) is 2.61. The fourth-order valence-corrected chi connectivity index (χ4v) is 1.49. The smallest absolute Gasteiger partial charge is 0.300 e. The number of hydrogen-bond acceptors (Lipinski definition) is 1. The van der Waals surface area contributed by atoms with Gasteiger partial charge in [0.15, 0.2) is 0 Å². The Hall–Kier alpha value is 0.300. The molecule has 0 atom stereocenters. The van der Waals surface area contributed by atoms with Gasteiger partial charge in [-0.15, -0.1) is 0 Å². The van der Waals surface area contributed by atoms with Gasteiger partial charge in [0.25, 0.3) is 9.70 Å². The van der Waals surface area contributed by atoms with Crippen molar-refractivity contribution in [1.29, 1.82) is 0 Å². The summed E-state index contributed by atoms with van der Waals surface area (Å²) >= 11 is 21.8. The summed E-state index contributed by atoms with van der Waals surface area (Å²) in [5.74, 6) is -0.862. The molecule has 0 spiro atoms. The van der Waals surface area contributed by atoms with Crippen molar-refractivity contribution in [3.63, 3.8) is 0 Å². The van der Waals surface area contributed by atoms with Crippen molar-refractivity contribution in [3.05, 3.63) is 0 Å². The number of halogens is 4. The van der Waals surface area contributed by atoms with E-state index in [-0.39, 0.29) is 5.29 Å². The van der Waals surface area contributed by atoms with Gasteiger partial charge in [-0.2, -0.15) is 4.99 Å². The molecular weight excluding hydrogens is 270 g/mol. The number of likely N-dealkylation sites (tertiary alicyclic amines) is 1. The number of nitrogens with zero attached hydrogens (tertiary/aromatic N) is 2. The molecule has 14 heavy (non-hydrogen) atoms. The lowest BCUT2D eigenvalue weighted by Gasteiger charge is -2.14. The topological polar surface area (TPSA) is 32.7 Å². The van der Waals surface area contributed by atoms with Crippen LogP contribution in [0.5, 0.6) is 0 Å². The molecule has 80 valence electrons. The zero-order valence-electron chi connectivity index (χ0n) is 7.14. The number of aliphatic imine (C=N–C) groups is 1. The standard InChI is InChI=1S/C7H8Cl4N2O/c8-6(13-3-1-2-4-13)12-5(14)7(9,10)11/h1-4H2. The maximum Gasteiger partial charge on any atom is 0.300 e. The van der Waals surface area contributed by atoms with Gasteiger partial charge in [-0.05, 0) is 24.4 Å². The summed E-state index contributed by atoms with van der Waals surface area (Å²) in [6.07, 6.45) is 2.07.